The van der Waals surface area contributed by atoms with Gasteiger partial charge >= 0.3 is 0 Å². The fourth-order valence-corrected chi connectivity index (χ4v) is 1.65. The summed E-state index contributed by atoms with van der Waals surface area (Å²) in [6.07, 6.45) is 5.30. The number of halogens is 1. The molecule has 1 aromatic rings. The average Bonchev–Trinajstić information content (AvgIpc) is 2.33. The smallest absolute Gasteiger partial charge is 0.0406 e. The Hall–Kier alpha value is -0.530. The number of aryl methyl sites for hydroxylation is 1. The van der Waals surface area contributed by atoms with E-state index in [4.69, 9.17) is 11.6 Å². The van der Waals surface area contributed by atoms with Crippen molar-refractivity contribution in [1.29, 1.82) is 0 Å². The van der Waals surface area contributed by atoms with Crippen LogP contribution in [0.25, 0.3) is 0 Å². The molecule has 1 fully saturated rings. The number of hydrogen-bond donors (Lipinski definition) is 1. The lowest BCUT2D eigenvalue weighted by Crippen LogP contribution is -2.21. The standard InChI is InChI=1S/C8H9Cl.C5H11N/c1-2-7-3-5-8(9)6-4-7;1-2-4-6-5-3-1/h3-6H,2H2,1H3;6H,1-5H2. The van der Waals surface area contributed by atoms with Crippen LogP contribution < -0.4 is 5.32 Å². The van der Waals surface area contributed by atoms with Gasteiger partial charge in [0, 0.05) is 5.02 Å². The summed E-state index contributed by atoms with van der Waals surface area (Å²) in [7, 11) is 0. The third kappa shape index (κ3) is 5.81. The molecule has 0 atom stereocenters. The van der Waals surface area contributed by atoms with Gasteiger partial charge in [-0.2, -0.15) is 0 Å². The van der Waals surface area contributed by atoms with Gasteiger partial charge < -0.3 is 5.32 Å². The first kappa shape index (κ1) is 12.5. The first-order valence-electron chi connectivity index (χ1n) is 5.78. The van der Waals surface area contributed by atoms with E-state index in [0.29, 0.717) is 0 Å². The van der Waals surface area contributed by atoms with Crippen LogP contribution in [0.3, 0.4) is 0 Å². The van der Waals surface area contributed by atoms with Crippen molar-refractivity contribution < 1.29 is 0 Å². The van der Waals surface area contributed by atoms with Crippen LogP contribution in [0, 0.1) is 0 Å². The van der Waals surface area contributed by atoms with Crippen molar-refractivity contribution in [3.63, 3.8) is 0 Å². The molecule has 84 valence electrons. The van der Waals surface area contributed by atoms with Crippen molar-refractivity contribution in [3.05, 3.63) is 34.9 Å². The molecule has 2 heteroatoms. The highest BCUT2D eigenvalue weighted by Gasteiger charge is 1.93. The topological polar surface area (TPSA) is 12.0 Å². The van der Waals surface area contributed by atoms with Crippen LogP contribution in [-0.2, 0) is 6.42 Å². The molecule has 0 radical (unpaired) electrons. The fraction of sp³-hybridized carbons (Fsp3) is 0.538. The summed E-state index contributed by atoms with van der Waals surface area (Å²) in [5.74, 6) is 0. The minimum Gasteiger partial charge on any atom is -0.317 e. The Balaban J connectivity index is 0.000000162. The molecular weight excluding hydrogens is 206 g/mol. The quantitative estimate of drug-likeness (QED) is 0.769. The summed E-state index contributed by atoms with van der Waals surface area (Å²) in [5, 5.41) is 4.10. The molecule has 0 aliphatic carbocycles. The molecule has 2 rings (SSSR count). The highest BCUT2D eigenvalue weighted by Crippen LogP contribution is 2.09. The van der Waals surface area contributed by atoms with Gasteiger partial charge in [0.05, 0.1) is 0 Å². The Morgan fingerprint density at radius 1 is 1.07 bits per heavy atom. The third-order valence-electron chi connectivity index (χ3n) is 2.53. The van der Waals surface area contributed by atoms with E-state index < -0.39 is 0 Å². The molecule has 1 heterocycles. The van der Waals surface area contributed by atoms with Crippen molar-refractivity contribution in [2.75, 3.05) is 13.1 Å². The molecule has 0 amide bonds. The predicted octanol–water partition coefficient (Wildman–Crippen LogP) is 3.66. The van der Waals surface area contributed by atoms with Gasteiger partial charge in [-0.05, 0) is 50.0 Å². The summed E-state index contributed by atoms with van der Waals surface area (Å²) in [4.78, 5) is 0. The molecule has 0 spiro atoms. The molecule has 1 aliphatic rings. The van der Waals surface area contributed by atoms with E-state index in [1.54, 1.807) is 0 Å². The average molecular weight is 226 g/mol. The normalized spacial score (nSPS) is 15.3. The fourth-order valence-electron chi connectivity index (χ4n) is 1.52. The van der Waals surface area contributed by atoms with Crippen LogP contribution in [0.4, 0.5) is 0 Å². The van der Waals surface area contributed by atoms with Crippen LogP contribution in [0.2, 0.25) is 5.02 Å². The van der Waals surface area contributed by atoms with Gasteiger partial charge in [0.25, 0.3) is 0 Å². The molecule has 1 N–H and O–H groups in total. The Labute approximate surface area is 97.8 Å². The molecule has 0 saturated carbocycles. The van der Waals surface area contributed by atoms with E-state index in [-0.39, 0.29) is 0 Å². The summed E-state index contributed by atoms with van der Waals surface area (Å²) < 4.78 is 0. The number of benzene rings is 1. The zero-order valence-corrected chi connectivity index (χ0v) is 10.2. The Kier molecular flexibility index (Phi) is 6.45. The second-order valence-electron chi connectivity index (χ2n) is 3.79. The van der Waals surface area contributed by atoms with Crippen molar-refractivity contribution in [2.24, 2.45) is 0 Å². The van der Waals surface area contributed by atoms with Crippen LogP contribution in [0.5, 0.6) is 0 Å². The SMILES string of the molecule is C1CCNCC1.CCc1ccc(Cl)cc1. The van der Waals surface area contributed by atoms with E-state index in [1.165, 1.54) is 37.9 Å². The molecule has 0 aromatic heterocycles. The van der Waals surface area contributed by atoms with Crippen LogP contribution in [-0.4, -0.2) is 13.1 Å². The highest BCUT2D eigenvalue weighted by atomic mass is 35.5. The second-order valence-corrected chi connectivity index (χ2v) is 4.23. The molecular formula is C13H20ClN. The van der Waals surface area contributed by atoms with Crippen LogP contribution in [0.1, 0.15) is 31.7 Å². The van der Waals surface area contributed by atoms with Gasteiger partial charge in [0.15, 0.2) is 0 Å². The van der Waals surface area contributed by atoms with Gasteiger partial charge in [-0.3, -0.25) is 0 Å². The number of hydrogen-bond acceptors (Lipinski definition) is 1. The molecule has 0 unspecified atom stereocenters. The Bertz CT molecular complexity index is 240. The lowest BCUT2D eigenvalue weighted by molar-refractivity contribution is 0.520. The first-order valence-corrected chi connectivity index (χ1v) is 6.16. The summed E-state index contributed by atoms with van der Waals surface area (Å²) in [5.41, 5.74) is 1.33. The van der Waals surface area contributed by atoms with E-state index in [9.17, 15) is 0 Å². The van der Waals surface area contributed by atoms with Crippen LogP contribution in [0.15, 0.2) is 24.3 Å². The second kappa shape index (κ2) is 7.72. The third-order valence-corrected chi connectivity index (χ3v) is 2.78. The van der Waals surface area contributed by atoms with Gasteiger partial charge in [0.1, 0.15) is 0 Å². The number of nitrogens with one attached hydrogen (secondary N) is 1. The van der Waals surface area contributed by atoms with Crippen LogP contribution >= 0.6 is 11.6 Å². The predicted molar refractivity (Wildman–Crippen MR) is 67.6 cm³/mol. The number of piperidine rings is 1. The van der Waals surface area contributed by atoms with E-state index in [1.807, 2.05) is 24.3 Å². The molecule has 1 nitrogen and oxygen atoms in total. The first-order chi connectivity index (χ1) is 7.33. The van der Waals surface area contributed by atoms with Gasteiger partial charge in [0.2, 0.25) is 0 Å². The Morgan fingerprint density at radius 2 is 1.67 bits per heavy atom. The Morgan fingerprint density at radius 3 is 2.00 bits per heavy atom. The van der Waals surface area contributed by atoms with Crippen molar-refractivity contribution >= 4 is 11.6 Å². The maximum atomic E-state index is 5.67. The van der Waals surface area contributed by atoms with Gasteiger partial charge in [-0.25, -0.2) is 0 Å². The maximum Gasteiger partial charge on any atom is 0.0406 e. The summed E-state index contributed by atoms with van der Waals surface area (Å²) in [6.45, 7) is 4.63. The lowest BCUT2D eigenvalue weighted by atomic mass is 10.2. The molecule has 1 saturated heterocycles. The molecule has 1 aliphatic heterocycles. The van der Waals surface area contributed by atoms with Crippen molar-refractivity contribution in [1.82, 2.24) is 5.32 Å². The zero-order valence-electron chi connectivity index (χ0n) is 9.43. The summed E-state index contributed by atoms with van der Waals surface area (Å²) >= 11 is 5.67. The van der Waals surface area contributed by atoms with E-state index in [0.717, 1.165) is 11.4 Å². The van der Waals surface area contributed by atoms with Gasteiger partial charge in [-0.15, -0.1) is 0 Å². The zero-order chi connectivity index (χ0) is 10.9. The van der Waals surface area contributed by atoms with Crippen molar-refractivity contribution in [3.8, 4) is 0 Å². The minimum atomic E-state index is 0.812. The van der Waals surface area contributed by atoms with E-state index >= 15 is 0 Å². The van der Waals surface area contributed by atoms with Crippen molar-refractivity contribution in [2.45, 2.75) is 32.6 Å². The van der Waals surface area contributed by atoms with E-state index in [2.05, 4.69) is 12.2 Å². The lowest BCUT2D eigenvalue weighted by Gasteiger charge is -2.08. The highest BCUT2D eigenvalue weighted by molar-refractivity contribution is 6.30. The monoisotopic (exact) mass is 225 g/mol. The molecule has 0 bridgehead atoms. The molecule has 1 aromatic carbocycles. The largest absolute Gasteiger partial charge is 0.317 e. The van der Waals surface area contributed by atoms with Gasteiger partial charge in [-0.1, -0.05) is 37.1 Å². The number of rotatable bonds is 1. The maximum absolute atomic E-state index is 5.67. The summed E-state index contributed by atoms with van der Waals surface area (Å²) in [6, 6.07) is 7.92. The minimum absolute atomic E-state index is 0.812. The molecule has 15 heavy (non-hydrogen) atoms.